The smallest absolute Gasteiger partial charge is 0.256 e. The fraction of sp³-hybridized carbons (Fsp3) is 0.130. The SMILES string of the molecule is C=C(CN1Cc2c(-c3ccc(N)c(-c4cccnc4)c3)ccc(N)c2C1=O)C(N)O. The van der Waals surface area contributed by atoms with Gasteiger partial charge in [-0.05, 0) is 46.5 Å². The maximum absolute atomic E-state index is 13.0. The number of hydrogen-bond donors (Lipinski definition) is 4. The molecule has 0 saturated heterocycles. The van der Waals surface area contributed by atoms with Crippen LogP contribution in [0.5, 0.6) is 0 Å². The second-order valence-electron chi connectivity index (χ2n) is 7.36. The number of rotatable bonds is 5. The van der Waals surface area contributed by atoms with Gasteiger partial charge in [-0.3, -0.25) is 9.78 Å². The zero-order chi connectivity index (χ0) is 21.4. The number of aliphatic hydroxyl groups is 1. The third-order valence-corrected chi connectivity index (χ3v) is 5.34. The number of anilines is 2. The predicted octanol–water partition coefficient (Wildman–Crippen LogP) is 2.37. The lowest BCUT2D eigenvalue weighted by molar-refractivity contribution is 0.0783. The Hall–Kier alpha value is -3.68. The Bertz CT molecular complexity index is 1140. The van der Waals surface area contributed by atoms with Crippen molar-refractivity contribution in [3.63, 3.8) is 0 Å². The monoisotopic (exact) mass is 401 g/mol. The highest BCUT2D eigenvalue weighted by Gasteiger charge is 2.32. The van der Waals surface area contributed by atoms with Gasteiger partial charge in [-0.25, -0.2) is 0 Å². The van der Waals surface area contributed by atoms with E-state index in [-0.39, 0.29) is 12.5 Å². The largest absolute Gasteiger partial charge is 0.398 e. The lowest BCUT2D eigenvalue weighted by Gasteiger charge is -2.18. The van der Waals surface area contributed by atoms with Gasteiger partial charge in [0.15, 0.2) is 0 Å². The number of nitrogens with two attached hydrogens (primary N) is 3. The molecule has 0 radical (unpaired) electrons. The van der Waals surface area contributed by atoms with Gasteiger partial charge in [0.25, 0.3) is 5.91 Å². The summed E-state index contributed by atoms with van der Waals surface area (Å²) in [6, 6.07) is 13.2. The van der Waals surface area contributed by atoms with Crippen molar-refractivity contribution in [2.24, 2.45) is 5.73 Å². The van der Waals surface area contributed by atoms with Crippen molar-refractivity contribution in [3.05, 3.63) is 78.1 Å². The zero-order valence-electron chi connectivity index (χ0n) is 16.4. The first-order chi connectivity index (χ1) is 14.4. The lowest BCUT2D eigenvalue weighted by atomic mass is 9.93. The summed E-state index contributed by atoms with van der Waals surface area (Å²) in [5.74, 6) is -0.200. The Balaban J connectivity index is 1.77. The third-order valence-electron chi connectivity index (χ3n) is 5.34. The first kappa shape index (κ1) is 19.6. The van der Waals surface area contributed by atoms with Crippen LogP contribution in [0.15, 0.2) is 67.0 Å². The highest BCUT2D eigenvalue weighted by molar-refractivity contribution is 6.05. The van der Waals surface area contributed by atoms with Crippen LogP contribution in [0.1, 0.15) is 15.9 Å². The molecule has 1 aliphatic heterocycles. The number of nitrogens with zero attached hydrogens (tertiary/aromatic N) is 2. The second-order valence-corrected chi connectivity index (χ2v) is 7.36. The van der Waals surface area contributed by atoms with E-state index in [2.05, 4.69) is 11.6 Å². The van der Waals surface area contributed by atoms with E-state index < -0.39 is 6.23 Å². The Labute approximate surface area is 174 Å². The van der Waals surface area contributed by atoms with E-state index in [1.54, 1.807) is 23.4 Å². The fourth-order valence-corrected chi connectivity index (χ4v) is 3.74. The molecule has 1 unspecified atom stereocenters. The fourth-order valence-electron chi connectivity index (χ4n) is 3.74. The van der Waals surface area contributed by atoms with Crippen LogP contribution in [-0.4, -0.2) is 33.7 Å². The highest BCUT2D eigenvalue weighted by Crippen LogP contribution is 2.38. The van der Waals surface area contributed by atoms with Crippen LogP contribution in [0.25, 0.3) is 22.3 Å². The number of carbonyl (C=O) groups excluding carboxylic acids is 1. The molecule has 0 saturated carbocycles. The van der Waals surface area contributed by atoms with Gasteiger partial charge in [-0.15, -0.1) is 0 Å². The normalized spacial score (nSPS) is 13.9. The van der Waals surface area contributed by atoms with Gasteiger partial charge in [-0.1, -0.05) is 24.8 Å². The third kappa shape index (κ3) is 3.41. The summed E-state index contributed by atoms with van der Waals surface area (Å²) >= 11 is 0. The average molecular weight is 401 g/mol. The van der Waals surface area contributed by atoms with E-state index >= 15 is 0 Å². The number of aliphatic hydroxyl groups excluding tert-OH is 1. The number of nitrogen functional groups attached to an aromatic ring is 2. The Kier molecular flexibility index (Phi) is 4.99. The molecule has 1 atom stereocenters. The van der Waals surface area contributed by atoms with E-state index in [0.717, 1.165) is 27.8 Å². The summed E-state index contributed by atoms with van der Waals surface area (Å²) in [5.41, 5.74) is 24.2. The predicted molar refractivity (Wildman–Crippen MR) is 118 cm³/mol. The molecule has 1 amide bonds. The van der Waals surface area contributed by atoms with E-state index in [1.165, 1.54) is 0 Å². The second kappa shape index (κ2) is 7.62. The Morgan fingerprint density at radius 3 is 2.60 bits per heavy atom. The van der Waals surface area contributed by atoms with Crippen LogP contribution in [0.3, 0.4) is 0 Å². The molecule has 2 heterocycles. The zero-order valence-corrected chi connectivity index (χ0v) is 16.4. The minimum atomic E-state index is -1.18. The molecule has 1 aliphatic rings. The molecule has 7 nitrogen and oxygen atoms in total. The minimum absolute atomic E-state index is 0.159. The summed E-state index contributed by atoms with van der Waals surface area (Å²) in [4.78, 5) is 18.7. The molecular weight excluding hydrogens is 378 g/mol. The number of fused-ring (bicyclic) bond motifs is 1. The quantitative estimate of drug-likeness (QED) is 0.295. The topological polar surface area (TPSA) is 131 Å². The van der Waals surface area contributed by atoms with Crippen LogP contribution in [-0.2, 0) is 6.54 Å². The van der Waals surface area contributed by atoms with Crippen molar-refractivity contribution >= 4 is 17.3 Å². The van der Waals surface area contributed by atoms with Crippen LogP contribution >= 0.6 is 0 Å². The highest BCUT2D eigenvalue weighted by atomic mass is 16.3. The van der Waals surface area contributed by atoms with E-state index in [9.17, 15) is 9.90 Å². The number of pyridine rings is 1. The standard InChI is InChI=1S/C23H23N5O2/c1-13(22(26)29)11-28-12-18-16(5-7-20(25)21(18)23(28)30)14-4-6-19(24)17(9-14)15-3-2-8-27-10-15/h2-10,22,29H,1,11-12,24-26H2. The van der Waals surface area contributed by atoms with E-state index in [0.29, 0.717) is 29.1 Å². The average Bonchev–Trinajstić information content (AvgIpc) is 3.06. The molecule has 4 rings (SSSR count). The number of carbonyl (C=O) groups is 1. The molecular formula is C23H23N5O2. The van der Waals surface area contributed by atoms with Gasteiger partial charge in [0.1, 0.15) is 6.23 Å². The summed E-state index contributed by atoms with van der Waals surface area (Å²) in [7, 11) is 0. The summed E-state index contributed by atoms with van der Waals surface area (Å²) < 4.78 is 0. The number of benzene rings is 2. The van der Waals surface area contributed by atoms with Crippen molar-refractivity contribution in [1.29, 1.82) is 0 Å². The molecule has 152 valence electrons. The van der Waals surface area contributed by atoms with Crippen molar-refractivity contribution in [2.75, 3.05) is 18.0 Å². The van der Waals surface area contributed by atoms with E-state index in [4.69, 9.17) is 17.2 Å². The molecule has 2 aromatic carbocycles. The lowest BCUT2D eigenvalue weighted by Crippen LogP contribution is -2.32. The molecule has 3 aromatic rings. The van der Waals surface area contributed by atoms with Gasteiger partial charge in [0, 0.05) is 48.0 Å². The molecule has 0 fully saturated rings. The van der Waals surface area contributed by atoms with Crippen LogP contribution in [0.4, 0.5) is 11.4 Å². The van der Waals surface area contributed by atoms with Crippen LogP contribution < -0.4 is 17.2 Å². The number of aromatic nitrogens is 1. The van der Waals surface area contributed by atoms with Crippen molar-refractivity contribution in [1.82, 2.24) is 9.88 Å². The van der Waals surface area contributed by atoms with Crippen molar-refractivity contribution in [2.45, 2.75) is 12.8 Å². The first-order valence-corrected chi connectivity index (χ1v) is 9.49. The van der Waals surface area contributed by atoms with Gasteiger partial charge in [0.05, 0.1) is 5.56 Å². The molecule has 30 heavy (non-hydrogen) atoms. The van der Waals surface area contributed by atoms with Crippen molar-refractivity contribution in [3.8, 4) is 22.3 Å². The molecule has 0 aliphatic carbocycles. The first-order valence-electron chi connectivity index (χ1n) is 9.49. The van der Waals surface area contributed by atoms with E-state index in [1.807, 2.05) is 36.4 Å². The van der Waals surface area contributed by atoms with Crippen LogP contribution in [0.2, 0.25) is 0 Å². The Morgan fingerprint density at radius 1 is 1.13 bits per heavy atom. The molecule has 0 spiro atoms. The molecule has 0 bridgehead atoms. The van der Waals surface area contributed by atoms with Gasteiger partial charge in [0.2, 0.25) is 0 Å². The van der Waals surface area contributed by atoms with Crippen LogP contribution in [0, 0.1) is 0 Å². The van der Waals surface area contributed by atoms with Gasteiger partial charge >= 0.3 is 0 Å². The molecule has 7 heteroatoms. The summed E-state index contributed by atoms with van der Waals surface area (Å²) in [6.45, 7) is 4.27. The molecule has 7 N–H and O–H groups in total. The van der Waals surface area contributed by atoms with Gasteiger partial charge < -0.3 is 27.2 Å². The summed E-state index contributed by atoms with van der Waals surface area (Å²) in [5, 5.41) is 9.54. The van der Waals surface area contributed by atoms with Crippen molar-refractivity contribution < 1.29 is 9.90 Å². The maximum Gasteiger partial charge on any atom is 0.256 e. The summed E-state index contributed by atoms with van der Waals surface area (Å²) in [6.07, 6.45) is 2.29. The minimum Gasteiger partial charge on any atom is -0.398 e. The maximum atomic E-state index is 13.0. The number of hydrogen-bond acceptors (Lipinski definition) is 6. The molecule has 1 aromatic heterocycles. The Morgan fingerprint density at radius 2 is 1.90 bits per heavy atom. The number of amides is 1. The van der Waals surface area contributed by atoms with Gasteiger partial charge in [-0.2, -0.15) is 0 Å².